The van der Waals surface area contributed by atoms with Crippen molar-refractivity contribution in [2.75, 3.05) is 13.2 Å². The lowest BCUT2D eigenvalue weighted by molar-refractivity contribution is -0.167. The fraction of sp³-hybridized carbons (Fsp3) is 0.753. The Morgan fingerprint density at radius 3 is 0.759 bits per heavy atom. The van der Waals surface area contributed by atoms with E-state index in [2.05, 4.69) is 118 Å². The molecular formula is C77H134O6. The van der Waals surface area contributed by atoms with Gasteiger partial charge in [-0.3, -0.25) is 14.4 Å². The van der Waals surface area contributed by atoms with E-state index < -0.39 is 6.10 Å². The SMILES string of the molecule is CC/C=C\C/C=C\C/C=C\C/C=C\C/C=C\C/C=C\CCCCCCCCCCC(=O)OCC(COC(=O)CCCCCCC/C=C\C/C=C\CCCCC)OC(=O)CCCCCCCCCCCCCCCCCCCCCCCCC. The highest BCUT2D eigenvalue weighted by molar-refractivity contribution is 5.71. The summed E-state index contributed by atoms with van der Waals surface area (Å²) >= 11 is 0. The zero-order valence-electron chi connectivity index (χ0n) is 54.9. The number of carbonyl (C=O) groups is 3. The zero-order chi connectivity index (χ0) is 59.9. The standard InChI is InChI=1S/C77H134O6/c1-4-7-10-13-16-19-22-25-28-30-32-34-36-37-38-39-41-42-44-46-49-52-55-58-61-64-67-70-76(79)82-73-74(72-81-75(78)69-66-63-60-57-54-51-48-27-24-21-18-15-12-9-6-3)83-77(80)71-68-65-62-59-56-53-50-47-45-43-40-35-33-31-29-26-23-20-17-14-11-8-5-2/h7,10,16,18-19,21,25,27-28,32,34,37-38,41-42,48,74H,4-6,8-9,11-15,17,20,22-24,26,29-31,33,35-36,39-40,43-47,49-73H2,1-3H3/b10-7-,19-16-,21-18-,28-25-,34-32-,38-37-,42-41-,48-27-. The van der Waals surface area contributed by atoms with Gasteiger partial charge in [0.05, 0.1) is 0 Å². The van der Waals surface area contributed by atoms with Crippen LogP contribution in [-0.2, 0) is 28.6 Å². The molecule has 0 aliphatic rings. The molecule has 83 heavy (non-hydrogen) atoms. The van der Waals surface area contributed by atoms with E-state index in [4.69, 9.17) is 14.2 Å². The number of esters is 3. The van der Waals surface area contributed by atoms with Crippen molar-refractivity contribution in [3.05, 3.63) is 97.2 Å². The van der Waals surface area contributed by atoms with Gasteiger partial charge in [-0.1, -0.05) is 330 Å². The lowest BCUT2D eigenvalue weighted by Crippen LogP contribution is -2.30. The smallest absolute Gasteiger partial charge is 0.306 e. The van der Waals surface area contributed by atoms with Crippen molar-refractivity contribution < 1.29 is 28.6 Å². The Bertz CT molecular complexity index is 1610. The number of allylic oxidation sites excluding steroid dienone is 16. The number of hydrogen-bond donors (Lipinski definition) is 0. The minimum Gasteiger partial charge on any atom is -0.462 e. The van der Waals surface area contributed by atoms with Crippen LogP contribution in [0.5, 0.6) is 0 Å². The van der Waals surface area contributed by atoms with Crippen LogP contribution in [-0.4, -0.2) is 37.2 Å². The quantitative estimate of drug-likeness (QED) is 0.0261. The first kappa shape index (κ1) is 79.3. The fourth-order valence-electron chi connectivity index (χ4n) is 10.2. The van der Waals surface area contributed by atoms with Crippen molar-refractivity contribution in [1.82, 2.24) is 0 Å². The minimum absolute atomic E-state index is 0.0838. The fourth-order valence-corrected chi connectivity index (χ4v) is 10.2. The second-order valence-electron chi connectivity index (χ2n) is 23.8. The van der Waals surface area contributed by atoms with Crippen LogP contribution in [0, 0.1) is 0 Å². The van der Waals surface area contributed by atoms with Gasteiger partial charge >= 0.3 is 17.9 Å². The highest BCUT2D eigenvalue weighted by Crippen LogP contribution is 2.18. The van der Waals surface area contributed by atoms with Crippen molar-refractivity contribution in [3.63, 3.8) is 0 Å². The zero-order valence-corrected chi connectivity index (χ0v) is 54.9. The van der Waals surface area contributed by atoms with Crippen LogP contribution in [0.25, 0.3) is 0 Å². The number of carbonyl (C=O) groups excluding carboxylic acids is 3. The van der Waals surface area contributed by atoms with Crippen LogP contribution < -0.4 is 0 Å². The highest BCUT2D eigenvalue weighted by atomic mass is 16.6. The molecule has 0 spiro atoms. The van der Waals surface area contributed by atoms with Gasteiger partial charge in [0.15, 0.2) is 6.10 Å². The summed E-state index contributed by atoms with van der Waals surface area (Å²) in [5.41, 5.74) is 0. The van der Waals surface area contributed by atoms with Gasteiger partial charge in [0.1, 0.15) is 13.2 Å². The summed E-state index contributed by atoms with van der Waals surface area (Å²) in [5, 5.41) is 0. The van der Waals surface area contributed by atoms with E-state index in [0.29, 0.717) is 19.3 Å². The molecule has 0 aromatic rings. The maximum atomic E-state index is 13.0. The third kappa shape index (κ3) is 69.0. The molecule has 0 rings (SSSR count). The van der Waals surface area contributed by atoms with E-state index in [9.17, 15) is 14.4 Å². The molecule has 0 radical (unpaired) electrons. The molecule has 0 aromatic heterocycles. The Balaban J connectivity index is 4.34. The summed E-state index contributed by atoms with van der Waals surface area (Å²) in [5.74, 6) is -0.887. The van der Waals surface area contributed by atoms with Gasteiger partial charge in [-0.05, 0) is 103 Å². The molecule has 6 nitrogen and oxygen atoms in total. The van der Waals surface area contributed by atoms with Crippen molar-refractivity contribution >= 4 is 17.9 Å². The maximum absolute atomic E-state index is 13.0. The van der Waals surface area contributed by atoms with Crippen LogP contribution >= 0.6 is 0 Å². The van der Waals surface area contributed by atoms with E-state index in [1.807, 2.05) is 0 Å². The Morgan fingerprint density at radius 1 is 0.253 bits per heavy atom. The maximum Gasteiger partial charge on any atom is 0.306 e. The van der Waals surface area contributed by atoms with Crippen LogP contribution in [0.1, 0.15) is 355 Å². The predicted molar refractivity (Wildman–Crippen MR) is 362 cm³/mol. The van der Waals surface area contributed by atoms with Crippen LogP contribution in [0.3, 0.4) is 0 Å². The van der Waals surface area contributed by atoms with Crippen molar-refractivity contribution in [1.29, 1.82) is 0 Å². The third-order valence-corrected chi connectivity index (χ3v) is 15.6. The van der Waals surface area contributed by atoms with Crippen molar-refractivity contribution in [2.45, 2.75) is 361 Å². The molecule has 0 aliphatic carbocycles. The molecule has 0 saturated heterocycles. The number of rotatable bonds is 65. The molecule has 0 fully saturated rings. The predicted octanol–water partition coefficient (Wildman–Crippen LogP) is 24.8. The summed E-state index contributed by atoms with van der Waals surface area (Å²) in [4.78, 5) is 38.5. The summed E-state index contributed by atoms with van der Waals surface area (Å²) in [6.07, 6.45) is 95.7. The summed E-state index contributed by atoms with van der Waals surface area (Å²) in [6, 6.07) is 0. The molecule has 0 aromatic carbocycles. The summed E-state index contributed by atoms with van der Waals surface area (Å²) < 4.78 is 17.0. The van der Waals surface area contributed by atoms with Crippen LogP contribution in [0.4, 0.5) is 0 Å². The molecule has 0 N–H and O–H groups in total. The van der Waals surface area contributed by atoms with E-state index in [-0.39, 0.29) is 31.1 Å². The Morgan fingerprint density at radius 2 is 0.470 bits per heavy atom. The van der Waals surface area contributed by atoms with Gasteiger partial charge in [0.2, 0.25) is 0 Å². The number of ether oxygens (including phenoxy) is 3. The van der Waals surface area contributed by atoms with Gasteiger partial charge in [0.25, 0.3) is 0 Å². The number of unbranched alkanes of at least 4 members (excludes halogenated alkanes) is 38. The monoisotopic (exact) mass is 1160 g/mol. The minimum atomic E-state index is -0.788. The van der Waals surface area contributed by atoms with Gasteiger partial charge in [-0.2, -0.15) is 0 Å². The lowest BCUT2D eigenvalue weighted by Gasteiger charge is -2.18. The molecule has 478 valence electrons. The Labute approximate surface area is 515 Å². The van der Waals surface area contributed by atoms with Gasteiger partial charge < -0.3 is 14.2 Å². The van der Waals surface area contributed by atoms with E-state index >= 15 is 0 Å². The first-order chi connectivity index (χ1) is 41.0. The van der Waals surface area contributed by atoms with Gasteiger partial charge in [0, 0.05) is 19.3 Å². The summed E-state index contributed by atoms with van der Waals surface area (Å²) in [7, 11) is 0. The summed E-state index contributed by atoms with van der Waals surface area (Å²) in [6.45, 7) is 6.53. The normalized spacial score (nSPS) is 12.7. The van der Waals surface area contributed by atoms with Gasteiger partial charge in [-0.25, -0.2) is 0 Å². The molecule has 0 heterocycles. The van der Waals surface area contributed by atoms with Crippen molar-refractivity contribution in [3.8, 4) is 0 Å². The molecule has 0 saturated carbocycles. The van der Waals surface area contributed by atoms with Crippen LogP contribution in [0.2, 0.25) is 0 Å². The third-order valence-electron chi connectivity index (χ3n) is 15.6. The topological polar surface area (TPSA) is 78.9 Å². The van der Waals surface area contributed by atoms with E-state index in [1.165, 1.54) is 193 Å². The second kappa shape index (κ2) is 70.8. The molecule has 1 unspecified atom stereocenters. The van der Waals surface area contributed by atoms with E-state index in [0.717, 1.165) is 122 Å². The Kier molecular flexibility index (Phi) is 67.7. The molecule has 0 aliphatic heterocycles. The molecular weight excluding hydrogens is 1020 g/mol. The second-order valence-corrected chi connectivity index (χ2v) is 23.8. The van der Waals surface area contributed by atoms with Crippen molar-refractivity contribution in [2.24, 2.45) is 0 Å². The molecule has 1 atom stereocenters. The molecule has 0 amide bonds. The molecule has 0 bridgehead atoms. The average molecular weight is 1160 g/mol. The van der Waals surface area contributed by atoms with Crippen LogP contribution in [0.15, 0.2) is 97.2 Å². The first-order valence-corrected chi connectivity index (χ1v) is 35.7. The highest BCUT2D eigenvalue weighted by Gasteiger charge is 2.19. The average Bonchev–Trinajstić information content (AvgIpc) is 3.49. The largest absolute Gasteiger partial charge is 0.462 e. The Hall–Kier alpha value is -3.67. The molecule has 6 heteroatoms. The lowest BCUT2D eigenvalue weighted by atomic mass is 10.0. The van der Waals surface area contributed by atoms with Gasteiger partial charge in [-0.15, -0.1) is 0 Å². The first-order valence-electron chi connectivity index (χ1n) is 35.7. The van der Waals surface area contributed by atoms with E-state index in [1.54, 1.807) is 0 Å². The number of hydrogen-bond acceptors (Lipinski definition) is 6.